The second kappa shape index (κ2) is 9.72. The average Bonchev–Trinajstić information content (AvgIpc) is 2.75. The van der Waals surface area contributed by atoms with E-state index in [1.54, 1.807) is 48.4 Å². The summed E-state index contributed by atoms with van der Waals surface area (Å²) in [5.41, 5.74) is 1.28. The average molecular weight is 399 g/mol. The van der Waals surface area contributed by atoms with Gasteiger partial charge in [0.15, 0.2) is 0 Å². The van der Waals surface area contributed by atoms with Gasteiger partial charge in [0, 0.05) is 31.0 Å². The molecule has 2 heterocycles. The molecule has 0 bridgehead atoms. The molecule has 0 aliphatic carbocycles. The van der Waals surface area contributed by atoms with Crippen molar-refractivity contribution >= 4 is 29.5 Å². The molecule has 1 amide bonds. The number of nitrogens with zero attached hydrogens (tertiary/aromatic N) is 3. The molecule has 9 nitrogen and oxygen atoms in total. The summed E-state index contributed by atoms with van der Waals surface area (Å²) in [6, 6.07) is 8.90. The molecule has 1 saturated heterocycles. The number of nitrogens with one attached hydrogen (secondary N) is 2. The Labute approximate surface area is 169 Å². The number of rotatable bonds is 6. The maximum Gasteiger partial charge on any atom is 0.409 e. The number of esters is 1. The monoisotopic (exact) mass is 399 g/mol. The highest BCUT2D eigenvalue weighted by atomic mass is 16.6. The Kier molecular flexibility index (Phi) is 6.83. The normalized spacial score (nSPS) is 14.2. The second-order valence-corrected chi connectivity index (χ2v) is 6.56. The minimum Gasteiger partial charge on any atom is -0.465 e. The number of methoxy groups -OCH3 is 1. The Morgan fingerprint density at radius 1 is 1.17 bits per heavy atom. The number of benzene rings is 1. The predicted octanol–water partition coefficient (Wildman–Crippen LogP) is 3.04. The van der Waals surface area contributed by atoms with E-state index in [9.17, 15) is 9.59 Å². The number of aromatic nitrogens is 2. The van der Waals surface area contributed by atoms with E-state index in [2.05, 4.69) is 20.6 Å². The van der Waals surface area contributed by atoms with Gasteiger partial charge in [0.25, 0.3) is 0 Å². The third-order valence-electron chi connectivity index (χ3n) is 4.59. The highest BCUT2D eigenvalue weighted by Gasteiger charge is 2.23. The van der Waals surface area contributed by atoms with E-state index in [0.29, 0.717) is 37.0 Å². The summed E-state index contributed by atoms with van der Waals surface area (Å²) in [7, 11) is 1.35. The van der Waals surface area contributed by atoms with E-state index >= 15 is 0 Å². The van der Waals surface area contributed by atoms with Crippen molar-refractivity contribution in [2.24, 2.45) is 0 Å². The Morgan fingerprint density at radius 3 is 2.55 bits per heavy atom. The molecule has 0 atom stereocenters. The van der Waals surface area contributed by atoms with Crippen molar-refractivity contribution in [1.82, 2.24) is 14.9 Å². The van der Waals surface area contributed by atoms with E-state index in [4.69, 9.17) is 9.47 Å². The van der Waals surface area contributed by atoms with Gasteiger partial charge in [-0.1, -0.05) is 0 Å². The number of amides is 1. The molecule has 2 N–H and O–H groups in total. The number of hydrogen-bond donors (Lipinski definition) is 2. The first kappa shape index (κ1) is 20.4. The highest BCUT2D eigenvalue weighted by molar-refractivity contribution is 5.89. The van der Waals surface area contributed by atoms with E-state index in [0.717, 1.165) is 18.5 Å². The molecule has 1 aliphatic rings. The van der Waals surface area contributed by atoms with Gasteiger partial charge in [0.2, 0.25) is 5.95 Å². The summed E-state index contributed by atoms with van der Waals surface area (Å²) in [5.74, 6) is 0.784. The molecule has 0 radical (unpaired) electrons. The van der Waals surface area contributed by atoms with Crippen molar-refractivity contribution in [3.8, 4) is 0 Å². The van der Waals surface area contributed by atoms with Crippen LogP contribution in [0.25, 0.3) is 0 Å². The van der Waals surface area contributed by atoms with Crippen LogP contribution in [0.4, 0.5) is 22.2 Å². The van der Waals surface area contributed by atoms with Crippen molar-refractivity contribution in [2.45, 2.75) is 25.8 Å². The lowest BCUT2D eigenvalue weighted by atomic mass is 10.1. The lowest BCUT2D eigenvalue weighted by Crippen LogP contribution is -2.42. The number of ether oxygens (including phenoxy) is 2. The fourth-order valence-corrected chi connectivity index (χ4v) is 3.06. The van der Waals surface area contributed by atoms with Gasteiger partial charge in [-0.3, -0.25) is 0 Å². The van der Waals surface area contributed by atoms with Gasteiger partial charge in [-0.2, -0.15) is 4.98 Å². The van der Waals surface area contributed by atoms with Gasteiger partial charge in [-0.05, 0) is 50.1 Å². The first-order valence-electron chi connectivity index (χ1n) is 9.55. The molecule has 0 saturated carbocycles. The van der Waals surface area contributed by atoms with Crippen LogP contribution in [0, 0.1) is 0 Å². The van der Waals surface area contributed by atoms with Crippen molar-refractivity contribution in [3.63, 3.8) is 0 Å². The highest BCUT2D eigenvalue weighted by Crippen LogP contribution is 2.19. The SMILES string of the molecule is CCOC(=O)N1CCC(Nc2nccc(Nc3ccc(C(=O)OC)cc3)n2)CC1. The molecule has 2 aromatic rings. The number of carbonyl (C=O) groups excluding carboxylic acids is 2. The van der Waals surface area contributed by atoms with Gasteiger partial charge < -0.3 is 25.0 Å². The lowest BCUT2D eigenvalue weighted by Gasteiger charge is -2.31. The van der Waals surface area contributed by atoms with Crippen molar-refractivity contribution in [3.05, 3.63) is 42.1 Å². The van der Waals surface area contributed by atoms with E-state index < -0.39 is 0 Å². The molecule has 1 fully saturated rings. The lowest BCUT2D eigenvalue weighted by molar-refractivity contribution is 0.0600. The number of carbonyl (C=O) groups is 2. The molecule has 154 valence electrons. The van der Waals surface area contributed by atoms with Crippen LogP contribution in [-0.4, -0.2) is 59.8 Å². The summed E-state index contributed by atoms with van der Waals surface area (Å²) in [5, 5.41) is 6.52. The third kappa shape index (κ3) is 5.56. The molecule has 0 unspecified atom stereocenters. The topological polar surface area (TPSA) is 106 Å². The van der Waals surface area contributed by atoms with Gasteiger partial charge in [0.1, 0.15) is 5.82 Å². The Morgan fingerprint density at radius 2 is 1.90 bits per heavy atom. The maximum absolute atomic E-state index is 11.8. The number of hydrogen-bond acceptors (Lipinski definition) is 8. The summed E-state index contributed by atoms with van der Waals surface area (Å²) in [6.45, 7) is 3.47. The zero-order valence-electron chi connectivity index (χ0n) is 16.6. The Bertz CT molecular complexity index is 835. The van der Waals surface area contributed by atoms with Crippen LogP contribution in [0.15, 0.2) is 36.5 Å². The van der Waals surface area contributed by atoms with Crippen molar-refractivity contribution in [2.75, 3.05) is 37.4 Å². The van der Waals surface area contributed by atoms with E-state index in [1.165, 1.54) is 7.11 Å². The van der Waals surface area contributed by atoms with Crippen LogP contribution in [0.2, 0.25) is 0 Å². The summed E-state index contributed by atoms with van der Waals surface area (Å²) < 4.78 is 9.74. The first-order chi connectivity index (χ1) is 14.1. The molecule has 1 aliphatic heterocycles. The quantitative estimate of drug-likeness (QED) is 0.714. The molecule has 1 aromatic heterocycles. The molecule has 1 aromatic carbocycles. The van der Waals surface area contributed by atoms with Crippen molar-refractivity contribution in [1.29, 1.82) is 0 Å². The zero-order chi connectivity index (χ0) is 20.6. The van der Waals surface area contributed by atoms with Gasteiger partial charge in [0.05, 0.1) is 19.3 Å². The predicted molar refractivity (Wildman–Crippen MR) is 108 cm³/mol. The van der Waals surface area contributed by atoms with Crippen LogP contribution in [0.1, 0.15) is 30.1 Å². The largest absolute Gasteiger partial charge is 0.465 e. The molecule has 0 spiro atoms. The Hall–Kier alpha value is -3.36. The molecule has 3 rings (SSSR count). The van der Waals surface area contributed by atoms with Gasteiger partial charge in [-0.25, -0.2) is 14.6 Å². The van der Waals surface area contributed by atoms with E-state index in [-0.39, 0.29) is 18.1 Å². The zero-order valence-corrected chi connectivity index (χ0v) is 16.6. The van der Waals surface area contributed by atoms with Gasteiger partial charge in [-0.15, -0.1) is 0 Å². The fourth-order valence-electron chi connectivity index (χ4n) is 3.06. The fraction of sp³-hybridized carbons (Fsp3) is 0.400. The smallest absolute Gasteiger partial charge is 0.409 e. The number of likely N-dealkylation sites (tertiary alicyclic amines) is 1. The summed E-state index contributed by atoms with van der Waals surface area (Å²) >= 11 is 0. The number of anilines is 3. The molecular weight excluding hydrogens is 374 g/mol. The van der Waals surface area contributed by atoms with Crippen LogP contribution in [-0.2, 0) is 9.47 Å². The summed E-state index contributed by atoms with van der Waals surface area (Å²) in [4.78, 5) is 33.8. The minimum absolute atomic E-state index is 0.190. The van der Waals surface area contributed by atoms with Crippen LogP contribution < -0.4 is 10.6 Å². The third-order valence-corrected chi connectivity index (χ3v) is 4.59. The van der Waals surface area contributed by atoms with Crippen LogP contribution in [0.3, 0.4) is 0 Å². The first-order valence-corrected chi connectivity index (χ1v) is 9.55. The molecular formula is C20H25N5O4. The Balaban J connectivity index is 1.55. The van der Waals surface area contributed by atoms with Gasteiger partial charge >= 0.3 is 12.1 Å². The summed E-state index contributed by atoms with van der Waals surface area (Å²) in [6.07, 6.45) is 3.02. The maximum atomic E-state index is 11.8. The van der Waals surface area contributed by atoms with Crippen LogP contribution in [0.5, 0.6) is 0 Å². The standard InChI is InChI=1S/C20H25N5O4/c1-3-29-20(27)25-12-9-16(10-13-25)23-19-21-11-8-17(24-19)22-15-6-4-14(5-7-15)18(26)28-2/h4-8,11,16H,3,9-10,12-13H2,1-2H3,(H2,21,22,23,24). The second-order valence-electron chi connectivity index (χ2n) is 6.56. The van der Waals surface area contributed by atoms with E-state index in [1.807, 2.05) is 0 Å². The minimum atomic E-state index is -0.376. The van der Waals surface area contributed by atoms with Crippen LogP contribution >= 0.6 is 0 Å². The molecule has 29 heavy (non-hydrogen) atoms. The van der Waals surface area contributed by atoms with Crippen molar-refractivity contribution < 1.29 is 19.1 Å². The number of piperidine rings is 1. The molecule has 9 heteroatoms.